The van der Waals surface area contributed by atoms with Crippen LogP contribution < -0.4 is 11.5 Å². The Hall–Kier alpha value is -1.87. The molecule has 0 saturated carbocycles. The van der Waals surface area contributed by atoms with Gasteiger partial charge in [0.2, 0.25) is 5.91 Å². The van der Waals surface area contributed by atoms with Gasteiger partial charge in [0.05, 0.1) is 12.6 Å². The topological polar surface area (TPSA) is 127 Å². The Balaban J connectivity index is 0.000000224. The predicted octanol–water partition coefficient (Wildman–Crippen LogP) is 0.663. The van der Waals surface area contributed by atoms with E-state index < -0.39 is 5.91 Å². The van der Waals surface area contributed by atoms with Crippen molar-refractivity contribution in [2.75, 3.05) is 26.0 Å². The molecule has 122 valence electrons. The summed E-state index contributed by atoms with van der Waals surface area (Å²) in [5.41, 5.74) is 10.4. The maximum atomic E-state index is 11.3. The Morgan fingerprint density at radius 1 is 1.64 bits per heavy atom. The molecule has 1 fully saturated rings. The lowest BCUT2D eigenvalue weighted by molar-refractivity contribution is -0.127. The van der Waals surface area contributed by atoms with Gasteiger partial charge in [-0.15, -0.1) is 0 Å². The van der Waals surface area contributed by atoms with Gasteiger partial charge in [0.15, 0.2) is 5.82 Å². The van der Waals surface area contributed by atoms with E-state index in [0.29, 0.717) is 11.2 Å². The quantitative estimate of drug-likeness (QED) is 0.668. The van der Waals surface area contributed by atoms with Crippen LogP contribution in [0.15, 0.2) is 17.3 Å². The fourth-order valence-corrected chi connectivity index (χ4v) is 2.66. The first-order chi connectivity index (χ1) is 10.4. The maximum Gasteiger partial charge on any atom is 0.255 e. The average molecular weight is 374 g/mol. The minimum atomic E-state index is -0.599. The molecule has 0 radical (unpaired) electrons. The molecule has 0 aliphatic carbocycles. The number of nitrogen functional groups attached to an aromatic ring is 1. The highest BCUT2D eigenvalue weighted by Crippen LogP contribution is 2.18. The highest BCUT2D eigenvalue weighted by Gasteiger charge is 2.26. The molecule has 22 heavy (non-hydrogen) atoms. The van der Waals surface area contributed by atoms with E-state index in [1.54, 1.807) is 7.11 Å². The van der Waals surface area contributed by atoms with Crippen molar-refractivity contribution < 1.29 is 14.3 Å². The molecule has 1 aliphatic rings. The highest BCUT2D eigenvalue weighted by molar-refractivity contribution is 9.10. The zero-order valence-corrected chi connectivity index (χ0v) is 13.9. The van der Waals surface area contributed by atoms with Gasteiger partial charge in [-0.25, -0.2) is 0 Å². The fraction of sp³-hybridized carbons (Fsp3) is 0.462. The number of carbonyl (C=O) groups is 2. The molecule has 1 aromatic heterocycles. The molecule has 9 heteroatoms. The van der Waals surface area contributed by atoms with E-state index in [1.807, 2.05) is 4.90 Å². The van der Waals surface area contributed by atoms with Crippen molar-refractivity contribution in [3.8, 4) is 0 Å². The van der Waals surface area contributed by atoms with E-state index >= 15 is 0 Å². The SMILES string of the molecule is C=CC(=O)N1CCCC1COC.NC(=O)c1c(N)n[nH]c1Br. The number of carbonyl (C=O) groups excluding carboxylic acids is 2. The third kappa shape index (κ3) is 4.57. The number of hydrogen-bond acceptors (Lipinski definition) is 5. The van der Waals surface area contributed by atoms with Gasteiger partial charge in [0.1, 0.15) is 10.2 Å². The van der Waals surface area contributed by atoms with Crippen LogP contribution in [0.2, 0.25) is 0 Å². The molecule has 1 atom stereocenters. The first-order valence-corrected chi connectivity index (χ1v) is 7.42. The molecule has 0 spiro atoms. The molecule has 5 N–H and O–H groups in total. The molecule has 2 heterocycles. The number of primary amides is 1. The molecule has 8 nitrogen and oxygen atoms in total. The van der Waals surface area contributed by atoms with Gasteiger partial charge in [-0.2, -0.15) is 5.10 Å². The monoisotopic (exact) mass is 373 g/mol. The molecule has 0 aromatic carbocycles. The Bertz CT molecular complexity index is 526. The van der Waals surface area contributed by atoms with Gasteiger partial charge in [-0.05, 0) is 34.8 Å². The Kier molecular flexibility index (Phi) is 7.06. The van der Waals surface area contributed by atoms with Crippen molar-refractivity contribution in [2.24, 2.45) is 5.73 Å². The van der Waals surface area contributed by atoms with Gasteiger partial charge >= 0.3 is 0 Å². The molecule has 2 rings (SSSR count). The maximum absolute atomic E-state index is 11.3. The fourth-order valence-electron chi connectivity index (χ4n) is 2.18. The molecule has 1 aliphatic heterocycles. The second-order valence-corrected chi connectivity index (χ2v) is 5.44. The summed E-state index contributed by atoms with van der Waals surface area (Å²) in [5, 5.41) is 6.00. The van der Waals surface area contributed by atoms with Crippen LogP contribution in [0.25, 0.3) is 0 Å². The lowest BCUT2D eigenvalue weighted by Gasteiger charge is -2.22. The predicted molar refractivity (Wildman–Crippen MR) is 86.0 cm³/mol. The average Bonchev–Trinajstić information content (AvgIpc) is 3.06. The molecule has 1 saturated heterocycles. The summed E-state index contributed by atoms with van der Waals surface area (Å²) in [4.78, 5) is 23.6. The van der Waals surface area contributed by atoms with Gasteiger partial charge in [0, 0.05) is 13.7 Å². The largest absolute Gasteiger partial charge is 0.383 e. The van der Waals surface area contributed by atoms with Crippen LogP contribution in [-0.2, 0) is 9.53 Å². The van der Waals surface area contributed by atoms with Gasteiger partial charge in [-0.3, -0.25) is 14.7 Å². The number of likely N-dealkylation sites (tertiary alicyclic amines) is 1. The number of aromatic amines is 1. The Morgan fingerprint density at radius 3 is 2.73 bits per heavy atom. The number of nitrogens with one attached hydrogen (secondary N) is 1. The number of rotatable bonds is 4. The first kappa shape index (κ1) is 18.2. The van der Waals surface area contributed by atoms with Crippen molar-refractivity contribution in [3.63, 3.8) is 0 Å². The summed E-state index contributed by atoms with van der Waals surface area (Å²) in [6, 6.07) is 0.264. The van der Waals surface area contributed by atoms with Crippen LogP contribution >= 0.6 is 15.9 Å². The van der Waals surface area contributed by atoms with Gasteiger partial charge in [0.25, 0.3) is 5.91 Å². The van der Waals surface area contributed by atoms with Crippen molar-refractivity contribution >= 4 is 33.6 Å². The minimum absolute atomic E-state index is 0.0227. The lowest BCUT2D eigenvalue weighted by atomic mass is 10.2. The number of halogens is 1. The van der Waals surface area contributed by atoms with Crippen LogP contribution in [0, 0.1) is 0 Å². The molecule has 0 bridgehead atoms. The van der Waals surface area contributed by atoms with E-state index in [-0.39, 0.29) is 23.3 Å². The normalized spacial score (nSPS) is 16.8. The summed E-state index contributed by atoms with van der Waals surface area (Å²) < 4.78 is 5.44. The number of anilines is 1. The number of aromatic nitrogens is 2. The van der Waals surface area contributed by atoms with E-state index in [1.165, 1.54) is 6.08 Å². The number of H-pyrrole nitrogens is 1. The molecule has 2 amide bonds. The number of amides is 2. The number of nitrogens with two attached hydrogens (primary N) is 2. The van der Waals surface area contributed by atoms with E-state index in [4.69, 9.17) is 16.2 Å². The first-order valence-electron chi connectivity index (χ1n) is 6.63. The smallest absolute Gasteiger partial charge is 0.255 e. The number of methoxy groups -OCH3 is 1. The second kappa shape index (κ2) is 8.54. The summed E-state index contributed by atoms with van der Waals surface area (Å²) in [6.45, 7) is 4.95. The van der Waals surface area contributed by atoms with E-state index in [9.17, 15) is 9.59 Å². The number of nitrogens with zero attached hydrogens (tertiary/aromatic N) is 2. The molecule has 1 aromatic rings. The van der Waals surface area contributed by atoms with Crippen LogP contribution in [0.5, 0.6) is 0 Å². The zero-order chi connectivity index (χ0) is 16.7. The summed E-state index contributed by atoms with van der Waals surface area (Å²) in [6.07, 6.45) is 3.50. The van der Waals surface area contributed by atoms with E-state index in [0.717, 1.165) is 19.4 Å². The van der Waals surface area contributed by atoms with Gasteiger partial charge in [-0.1, -0.05) is 6.58 Å². The molecular formula is C13H20BrN5O3. The minimum Gasteiger partial charge on any atom is -0.383 e. The second-order valence-electron chi connectivity index (χ2n) is 4.65. The third-order valence-corrected chi connectivity index (χ3v) is 3.76. The van der Waals surface area contributed by atoms with E-state index in [2.05, 4.69) is 32.7 Å². The Labute approximate surface area is 137 Å². The van der Waals surface area contributed by atoms with Crippen LogP contribution in [0.1, 0.15) is 23.2 Å². The zero-order valence-electron chi connectivity index (χ0n) is 12.3. The van der Waals surface area contributed by atoms with Crippen LogP contribution in [0.3, 0.4) is 0 Å². The van der Waals surface area contributed by atoms with Crippen molar-refractivity contribution in [1.29, 1.82) is 0 Å². The standard InChI is InChI=1S/C9H15NO2.C4H5BrN4O/c1-3-9(11)10-6-4-5-8(10)7-12-2;5-2-1(4(7)10)3(6)9-8-2/h3,8H,1,4-7H2,2H3;(H2,7,10)(H3,6,8,9). The van der Waals surface area contributed by atoms with Crippen LogP contribution in [0.4, 0.5) is 5.82 Å². The summed E-state index contributed by atoms with van der Waals surface area (Å²) in [5.74, 6) is -0.466. The van der Waals surface area contributed by atoms with Crippen molar-refractivity contribution in [3.05, 3.63) is 22.8 Å². The van der Waals surface area contributed by atoms with Gasteiger partial charge < -0.3 is 21.1 Å². The van der Waals surface area contributed by atoms with Crippen molar-refractivity contribution in [1.82, 2.24) is 15.1 Å². The van der Waals surface area contributed by atoms with Crippen molar-refractivity contribution in [2.45, 2.75) is 18.9 Å². The number of hydrogen-bond donors (Lipinski definition) is 3. The highest BCUT2D eigenvalue weighted by atomic mass is 79.9. The summed E-state index contributed by atoms with van der Waals surface area (Å²) >= 11 is 3.02. The summed E-state index contributed by atoms with van der Waals surface area (Å²) in [7, 11) is 1.66. The molecular weight excluding hydrogens is 354 g/mol. The lowest BCUT2D eigenvalue weighted by Crippen LogP contribution is -2.36. The Morgan fingerprint density at radius 2 is 2.32 bits per heavy atom. The van der Waals surface area contributed by atoms with Crippen LogP contribution in [-0.4, -0.2) is 53.2 Å². The molecule has 1 unspecified atom stereocenters. The number of ether oxygens (including phenoxy) is 1. The third-order valence-electron chi connectivity index (χ3n) is 3.19.